The molecule has 0 amide bonds. The Hall–Kier alpha value is -1.91. The molecule has 0 aromatic heterocycles. The summed E-state index contributed by atoms with van der Waals surface area (Å²) in [7, 11) is 0. The third-order valence-corrected chi connectivity index (χ3v) is 2.24. The summed E-state index contributed by atoms with van der Waals surface area (Å²) in [6, 6.07) is 6.65. The zero-order chi connectivity index (χ0) is 10.7. The van der Waals surface area contributed by atoms with Crippen molar-refractivity contribution in [1.29, 1.82) is 0 Å². The molecule has 1 heterocycles. The summed E-state index contributed by atoms with van der Waals surface area (Å²) in [5.41, 5.74) is 1.04. The lowest BCUT2D eigenvalue weighted by Gasteiger charge is -2.01. The molecule has 1 aliphatic rings. The van der Waals surface area contributed by atoms with Crippen molar-refractivity contribution in [2.75, 3.05) is 13.1 Å². The van der Waals surface area contributed by atoms with E-state index in [4.69, 9.17) is 0 Å². The molecule has 5 nitrogen and oxygen atoms in total. The Balaban J connectivity index is 2.14. The predicted octanol–water partition coefficient (Wildman–Crippen LogP) is 1.14. The van der Waals surface area contributed by atoms with Crippen LogP contribution in [0.1, 0.15) is 5.56 Å². The third-order valence-electron chi connectivity index (χ3n) is 2.24. The Morgan fingerprint density at radius 2 is 2.40 bits per heavy atom. The van der Waals surface area contributed by atoms with Gasteiger partial charge in [0.1, 0.15) is 5.84 Å². The van der Waals surface area contributed by atoms with Crippen LogP contribution >= 0.6 is 0 Å². The Bertz CT molecular complexity index is 415. The van der Waals surface area contributed by atoms with Crippen LogP contribution in [0.4, 0.5) is 5.69 Å². The van der Waals surface area contributed by atoms with Gasteiger partial charge in [-0.05, 0) is 5.56 Å². The zero-order valence-corrected chi connectivity index (χ0v) is 8.14. The summed E-state index contributed by atoms with van der Waals surface area (Å²) in [6.45, 7) is 1.66. The van der Waals surface area contributed by atoms with Crippen molar-refractivity contribution < 1.29 is 4.92 Å². The van der Waals surface area contributed by atoms with E-state index in [1.54, 1.807) is 12.1 Å². The maximum atomic E-state index is 10.6. The lowest BCUT2D eigenvalue weighted by Crippen LogP contribution is -2.20. The molecular weight excluding hydrogens is 194 g/mol. The first-order valence-corrected chi connectivity index (χ1v) is 4.76. The summed E-state index contributed by atoms with van der Waals surface area (Å²) in [5.74, 6) is 0.912. The number of nitro benzene ring substituents is 1. The summed E-state index contributed by atoms with van der Waals surface area (Å²) in [5, 5.41) is 13.7. The molecule has 0 radical (unpaired) electrons. The van der Waals surface area contributed by atoms with Gasteiger partial charge in [0, 0.05) is 25.1 Å². The van der Waals surface area contributed by atoms with E-state index >= 15 is 0 Å². The molecule has 0 fully saturated rings. The van der Waals surface area contributed by atoms with Crippen molar-refractivity contribution in [3.05, 3.63) is 39.9 Å². The van der Waals surface area contributed by atoms with Crippen LogP contribution in [0.5, 0.6) is 0 Å². The number of hydrogen-bond donors (Lipinski definition) is 1. The monoisotopic (exact) mass is 205 g/mol. The number of nitrogens with one attached hydrogen (secondary N) is 1. The second-order valence-corrected chi connectivity index (χ2v) is 3.36. The van der Waals surface area contributed by atoms with E-state index in [-0.39, 0.29) is 10.6 Å². The third kappa shape index (κ3) is 2.31. The van der Waals surface area contributed by atoms with Gasteiger partial charge in [-0.15, -0.1) is 0 Å². The minimum absolute atomic E-state index is 0.131. The van der Waals surface area contributed by atoms with Crippen molar-refractivity contribution in [2.24, 2.45) is 4.99 Å². The molecule has 2 rings (SSSR count). The maximum Gasteiger partial charge on any atom is 0.269 e. The second-order valence-electron chi connectivity index (χ2n) is 3.36. The van der Waals surface area contributed by atoms with E-state index in [0.29, 0.717) is 6.42 Å². The van der Waals surface area contributed by atoms with Crippen LogP contribution < -0.4 is 5.32 Å². The molecule has 0 unspecified atom stereocenters. The molecule has 1 aromatic rings. The number of nitro groups is 1. The lowest BCUT2D eigenvalue weighted by molar-refractivity contribution is -0.384. The first kappa shape index (κ1) is 9.64. The van der Waals surface area contributed by atoms with Crippen molar-refractivity contribution in [1.82, 2.24) is 5.32 Å². The molecule has 15 heavy (non-hydrogen) atoms. The van der Waals surface area contributed by atoms with Gasteiger partial charge in [-0.25, -0.2) is 0 Å². The normalized spacial score (nSPS) is 14.5. The van der Waals surface area contributed by atoms with Gasteiger partial charge < -0.3 is 5.32 Å². The molecule has 78 valence electrons. The lowest BCUT2D eigenvalue weighted by atomic mass is 10.1. The van der Waals surface area contributed by atoms with Crippen LogP contribution in [0.3, 0.4) is 0 Å². The fraction of sp³-hybridized carbons (Fsp3) is 0.300. The van der Waals surface area contributed by atoms with Gasteiger partial charge in [0.15, 0.2) is 0 Å². The SMILES string of the molecule is O=[N+]([O-])c1cccc(CC2=NCCN2)c1. The van der Waals surface area contributed by atoms with Crippen molar-refractivity contribution in [3.8, 4) is 0 Å². The van der Waals surface area contributed by atoms with E-state index < -0.39 is 0 Å². The molecule has 1 aromatic carbocycles. The fourth-order valence-electron chi connectivity index (χ4n) is 1.54. The van der Waals surface area contributed by atoms with Gasteiger partial charge in [0.05, 0.1) is 11.5 Å². The number of benzene rings is 1. The Kier molecular flexibility index (Phi) is 2.62. The molecule has 5 heteroatoms. The van der Waals surface area contributed by atoms with Gasteiger partial charge in [-0.3, -0.25) is 15.1 Å². The van der Waals surface area contributed by atoms with Crippen molar-refractivity contribution >= 4 is 11.5 Å². The predicted molar refractivity (Wildman–Crippen MR) is 57.1 cm³/mol. The first-order chi connectivity index (χ1) is 7.25. The van der Waals surface area contributed by atoms with Crippen LogP contribution in [0, 0.1) is 10.1 Å². The van der Waals surface area contributed by atoms with E-state index in [0.717, 1.165) is 24.5 Å². The molecular formula is C10H11N3O2. The molecule has 0 atom stereocenters. The van der Waals surface area contributed by atoms with Crippen LogP contribution in [0.25, 0.3) is 0 Å². The minimum atomic E-state index is -0.382. The zero-order valence-electron chi connectivity index (χ0n) is 8.14. The average molecular weight is 205 g/mol. The average Bonchev–Trinajstić information content (AvgIpc) is 2.71. The molecule has 0 saturated carbocycles. The Morgan fingerprint density at radius 1 is 1.53 bits per heavy atom. The highest BCUT2D eigenvalue weighted by Gasteiger charge is 2.09. The van der Waals surface area contributed by atoms with Crippen LogP contribution in [-0.4, -0.2) is 23.8 Å². The molecule has 1 N–H and O–H groups in total. The Labute approximate surface area is 87.0 Å². The minimum Gasteiger partial charge on any atom is -0.372 e. The van der Waals surface area contributed by atoms with E-state index in [9.17, 15) is 10.1 Å². The summed E-state index contributed by atoms with van der Waals surface area (Å²) < 4.78 is 0. The molecule has 0 spiro atoms. The topological polar surface area (TPSA) is 67.5 Å². The van der Waals surface area contributed by atoms with Gasteiger partial charge in [0.2, 0.25) is 0 Å². The standard InChI is InChI=1S/C10H11N3O2/c14-13(15)9-3-1-2-8(6-9)7-10-11-4-5-12-10/h1-3,6H,4-5,7H2,(H,11,12). The second kappa shape index (κ2) is 4.08. The first-order valence-electron chi connectivity index (χ1n) is 4.76. The van der Waals surface area contributed by atoms with Crippen molar-refractivity contribution in [2.45, 2.75) is 6.42 Å². The smallest absolute Gasteiger partial charge is 0.269 e. The number of nitrogens with zero attached hydrogens (tertiary/aromatic N) is 2. The number of rotatable bonds is 3. The van der Waals surface area contributed by atoms with Crippen LogP contribution in [0.15, 0.2) is 29.3 Å². The Morgan fingerprint density at radius 3 is 3.07 bits per heavy atom. The fourth-order valence-corrected chi connectivity index (χ4v) is 1.54. The largest absolute Gasteiger partial charge is 0.372 e. The van der Waals surface area contributed by atoms with E-state index in [1.807, 2.05) is 6.07 Å². The highest BCUT2D eigenvalue weighted by atomic mass is 16.6. The van der Waals surface area contributed by atoms with Crippen molar-refractivity contribution in [3.63, 3.8) is 0 Å². The van der Waals surface area contributed by atoms with E-state index in [2.05, 4.69) is 10.3 Å². The molecule has 0 aliphatic carbocycles. The number of amidine groups is 1. The number of hydrogen-bond acceptors (Lipinski definition) is 4. The van der Waals surface area contributed by atoms with E-state index in [1.165, 1.54) is 6.07 Å². The van der Waals surface area contributed by atoms with Crippen LogP contribution in [0.2, 0.25) is 0 Å². The van der Waals surface area contributed by atoms with Crippen LogP contribution in [-0.2, 0) is 6.42 Å². The number of aliphatic imine (C=N–C) groups is 1. The quantitative estimate of drug-likeness (QED) is 0.594. The molecule has 0 bridgehead atoms. The summed E-state index contributed by atoms with van der Waals surface area (Å²) >= 11 is 0. The summed E-state index contributed by atoms with van der Waals surface area (Å²) in [6.07, 6.45) is 0.641. The van der Waals surface area contributed by atoms with Gasteiger partial charge >= 0.3 is 0 Å². The molecule has 1 aliphatic heterocycles. The highest BCUT2D eigenvalue weighted by Crippen LogP contribution is 2.13. The maximum absolute atomic E-state index is 10.6. The van der Waals surface area contributed by atoms with Gasteiger partial charge in [-0.2, -0.15) is 0 Å². The summed E-state index contributed by atoms with van der Waals surface area (Å²) in [4.78, 5) is 14.4. The highest BCUT2D eigenvalue weighted by molar-refractivity contribution is 5.85. The van der Waals surface area contributed by atoms with Gasteiger partial charge in [-0.1, -0.05) is 12.1 Å². The molecule has 0 saturated heterocycles. The van der Waals surface area contributed by atoms with Gasteiger partial charge in [0.25, 0.3) is 5.69 Å². The number of non-ortho nitro benzene ring substituents is 1.